The van der Waals surface area contributed by atoms with Crippen LogP contribution in [0.4, 0.5) is 0 Å². The topological polar surface area (TPSA) is 124 Å². The summed E-state index contributed by atoms with van der Waals surface area (Å²) in [5, 5.41) is 0. The molecular formula is C20H25N5O5. The summed E-state index contributed by atoms with van der Waals surface area (Å²) in [5.74, 6) is 0.882. The number of nitrogens with zero attached hydrogens (tertiary/aromatic N) is 4. The first-order chi connectivity index (χ1) is 14.5. The molecule has 0 fully saturated rings. The molecule has 0 aliphatic carbocycles. The average Bonchev–Trinajstić information content (AvgIpc) is 3.12. The zero-order chi connectivity index (χ0) is 21.7. The summed E-state index contributed by atoms with van der Waals surface area (Å²) in [6, 6.07) is 3.93. The number of rotatable bonds is 10. The number of benzene rings is 1. The van der Waals surface area contributed by atoms with E-state index in [4.69, 9.17) is 24.7 Å². The molecule has 3 rings (SSSR count). The third-order valence-electron chi connectivity index (χ3n) is 4.56. The third-order valence-corrected chi connectivity index (χ3v) is 4.56. The minimum atomic E-state index is -0.668. The maximum Gasteiger partial charge on any atom is 0.299 e. The first-order valence-corrected chi connectivity index (χ1v) is 9.46. The normalized spacial score (nSPS) is 10.8. The molecule has 3 aromatic rings. The maximum atomic E-state index is 11.7. The van der Waals surface area contributed by atoms with Gasteiger partial charge < -0.3 is 24.7 Å². The molecule has 0 unspecified atom stereocenters. The van der Waals surface area contributed by atoms with Crippen LogP contribution >= 0.6 is 0 Å². The number of primary amides is 1. The van der Waals surface area contributed by atoms with Crippen molar-refractivity contribution in [2.45, 2.75) is 32.9 Å². The molecule has 0 bridgehead atoms. The lowest BCUT2D eigenvalue weighted by Gasteiger charge is -2.14. The molecule has 160 valence electrons. The van der Waals surface area contributed by atoms with Crippen molar-refractivity contribution in [2.75, 3.05) is 21.3 Å². The van der Waals surface area contributed by atoms with Crippen molar-refractivity contribution < 1.29 is 23.7 Å². The van der Waals surface area contributed by atoms with E-state index in [9.17, 15) is 4.79 Å². The Morgan fingerprint density at radius 2 is 1.80 bits per heavy atom. The van der Waals surface area contributed by atoms with Crippen LogP contribution in [-0.2, 0) is 13.2 Å². The van der Waals surface area contributed by atoms with E-state index in [1.165, 1.54) is 6.33 Å². The lowest BCUT2D eigenvalue weighted by molar-refractivity contribution is 0.0997. The highest BCUT2D eigenvalue weighted by atomic mass is 16.5. The summed E-state index contributed by atoms with van der Waals surface area (Å²) in [6.07, 6.45) is 3.16. The van der Waals surface area contributed by atoms with Crippen molar-refractivity contribution in [3.8, 4) is 23.3 Å². The van der Waals surface area contributed by atoms with Gasteiger partial charge in [0.15, 0.2) is 22.8 Å². The summed E-state index contributed by atoms with van der Waals surface area (Å²) >= 11 is 0. The Balaban J connectivity index is 1.97. The fourth-order valence-corrected chi connectivity index (χ4v) is 3.09. The smallest absolute Gasteiger partial charge is 0.299 e. The fraction of sp³-hybridized carbons (Fsp3) is 0.400. The molecule has 10 heteroatoms. The van der Waals surface area contributed by atoms with E-state index >= 15 is 0 Å². The van der Waals surface area contributed by atoms with Gasteiger partial charge in [0.1, 0.15) is 18.5 Å². The predicted molar refractivity (Wildman–Crippen MR) is 109 cm³/mol. The highest BCUT2D eigenvalue weighted by Crippen LogP contribution is 2.38. The first kappa shape index (κ1) is 21.2. The molecule has 0 radical (unpaired) electrons. The highest BCUT2D eigenvalue weighted by molar-refractivity contribution is 6.01. The SMILES string of the molecule is CCCCn1c(OCc2cc(OC)c(OC)c(OC)c2)nc2c(C(N)=O)ncnc21. The van der Waals surface area contributed by atoms with Crippen LogP contribution in [0.15, 0.2) is 18.5 Å². The lowest BCUT2D eigenvalue weighted by atomic mass is 10.2. The second kappa shape index (κ2) is 9.29. The number of carbonyl (C=O) groups excluding carboxylic acids is 1. The average molecular weight is 415 g/mol. The van der Waals surface area contributed by atoms with Gasteiger partial charge in [-0.15, -0.1) is 0 Å². The number of aromatic nitrogens is 4. The number of fused-ring (bicyclic) bond motifs is 1. The van der Waals surface area contributed by atoms with Crippen LogP contribution < -0.4 is 24.7 Å². The molecule has 0 spiro atoms. The molecule has 0 aliphatic heterocycles. The number of carbonyl (C=O) groups is 1. The minimum absolute atomic E-state index is 0.0629. The van der Waals surface area contributed by atoms with Gasteiger partial charge in [-0.1, -0.05) is 13.3 Å². The highest BCUT2D eigenvalue weighted by Gasteiger charge is 2.20. The lowest BCUT2D eigenvalue weighted by Crippen LogP contribution is -2.14. The molecule has 0 atom stereocenters. The number of unbranched alkanes of at least 4 members (excludes halogenated alkanes) is 1. The molecule has 0 saturated carbocycles. The van der Waals surface area contributed by atoms with E-state index in [1.807, 2.05) is 4.57 Å². The van der Waals surface area contributed by atoms with Crippen molar-refractivity contribution in [1.82, 2.24) is 19.5 Å². The van der Waals surface area contributed by atoms with Gasteiger partial charge in [0.25, 0.3) is 11.9 Å². The largest absolute Gasteiger partial charge is 0.493 e. The van der Waals surface area contributed by atoms with Crippen molar-refractivity contribution in [1.29, 1.82) is 0 Å². The quantitative estimate of drug-likeness (QED) is 0.535. The van der Waals surface area contributed by atoms with Crippen LogP contribution in [0.5, 0.6) is 23.3 Å². The molecule has 0 aliphatic rings. The van der Waals surface area contributed by atoms with E-state index in [0.29, 0.717) is 41.0 Å². The van der Waals surface area contributed by atoms with Crippen LogP contribution in [0, 0.1) is 0 Å². The van der Waals surface area contributed by atoms with Crippen LogP contribution in [0.1, 0.15) is 35.8 Å². The Kier molecular flexibility index (Phi) is 6.55. The minimum Gasteiger partial charge on any atom is -0.493 e. The number of imidazole rings is 1. The number of nitrogens with two attached hydrogens (primary N) is 1. The van der Waals surface area contributed by atoms with E-state index in [2.05, 4.69) is 21.9 Å². The molecule has 0 saturated heterocycles. The monoisotopic (exact) mass is 415 g/mol. The van der Waals surface area contributed by atoms with Gasteiger partial charge in [0.2, 0.25) is 5.75 Å². The van der Waals surface area contributed by atoms with Crippen molar-refractivity contribution in [3.05, 3.63) is 29.7 Å². The van der Waals surface area contributed by atoms with Crippen molar-refractivity contribution in [2.24, 2.45) is 5.73 Å². The van der Waals surface area contributed by atoms with Crippen LogP contribution in [0.2, 0.25) is 0 Å². The number of amides is 1. The van der Waals surface area contributed by atoms with E-state index < -0.39 is 5.91 Å². The first-order valence-electron chi connectivity index (χ1n) is 9.46. The number of ether oxygens (including phenoxy) is 4. The predicted octanol–water partition coefficient (Wildman–Crippen LogP) is 2.33. The second-order valence-corrected chi connectivity index (χ2v) is 6.48. The standard InChI is InChI=1S/C20H25N5O5/c1-5-6-7-25-19-16(15(18(21)26)22-11-23-19)24-20(25)30-10-12-8-13(27-2)17(29-4)14(9-12)28-3/h8-9,11H,5-7,10H2,1-4H3,(H2,21,26). The molecule has 1 aromatic carbocycles. The van der Waals surface area contributed by atoms with Crippen molar-refractivity contribution >= 4 is 17.1 Å². The summed E-state index contributed by atoms with van der Waals surface area (Å²) in [7, 11) is 4.65. The third kappa shape index (κ3) is 4.07. The van der Waals surface area contributed by atoms with Gasteiger partial charge in [-0.3, -0.25) is 9.36 Å². The fourth-order valence-electron chi connectivity index (χ4n) is 3.09. The number of hydrogen-bond donors (Lipinski definition) is 1. The number of hydrogen-bond acceptors (Lipinski definition) is 8. The molecule has 30 heavy (non-hydrogen) atoms. The van der Waals surface area contributed by atoms with Gasteiger partial charge in [-0.25, -0.2) is 9.97 Å². The molecule has 2 heterocycles. The Morgan fingerprint density at radius 1 is 1.10 bits per heavy atom. The van der Waals surface area contributed by atoms with Crippen LogP contribution in [0.3, 0.4) is 0 Å². The van der Waals surface area contributed by atoms with E-state index in [1.54, 1.807) is 33.5 Å². The van der Waals surface area contributed by atoms with Crippen LogP contribution in [-0.4, -0.2) is 46.8 Å². The van der Waals surface area contributed by atoms with Crippen molar-refractivity contribution in [3.63, 3.8) is 0 Å². The maximum absolute atomic E-state index is 11.7. The van der Waals surface area contributed by atoms with Gasteiger partial charge in [-0.05, 0) is 24.1 Å². The summed E-state index contributed by atoms with van der Waals surface area (Å²) < 4.78 is 23.9. The molecule has 2 aromatic heterocycles. The zero-order valence-corrected chi connectivity index (χ0v) is 17.5. The van der Waals surface area contributed by atoms with E-state index in [-0.39, 0.29) is 12.3 Å². The van der Waals surface area contributed by atoms with Crippen LogP contribution in [0.25, 0.3) is 11.2 Å². The van der Waals surface area contributed by atoms with Gasteiger partial charge >= 0.3 is 0 Å². The summed E-state index contributed by atoms with van der Waals surface area (Å²) in [6.45, 7) is 2.90. The zero-order valence-electron chi connectivity index (χ0n) is 17.5. The Bertz CT molecular complexity index is 1020. The summed E-state index contributed by atoms with van der Waals surface area (Å²) in [4.78, 5) is 24.4. The Hall–Kier alpha value is -3.56. The number of aryl methyl sites for hydroxylation is 1. The second-order valence-electron chi connectivity index (χ2n) is 6.48. The molecular weight excluding hydrogens is 390 g/mol. The number of methoxy groups -OCH3 is 3. The molecule has 1 amide bonds. The van der Waals surface area contributed by atoms with E-state index in [0.717, 1.165) is 18.4 Å². The van der Waals surface area contributed by atoms with Gasteiger partial charge in [-0.2, -0.15) is 4.98 Å². The Morgan fingerprint density at radius 3 is 2.37 bits per heavy atom. The van der Waals surface area contributed by atoms with Gasteiger partial charge in [0.05, 0.1) is 21.3 Å². The molecule has 10 nitrogen and oxygen atoms in total. The molecule has 2 N–H and O–H groups in total. The Labute approximate surface area is 173 Å². The summed E-state index contributed by atoms with van der Waals surface area (Å²) in [5.41, 5.74) is 7.12. The van der Waals surface area contributed by atoms with Gasteiger partial charge in [0, 0.05) is 6.54 Å².